The van der Waals surface area contributed by atoms with Gasteiger partial charge < -0.3 is 14.5 Å². The molecule has 24 heavy (non-hydrogen) atoms. The number of carbonyl (C=O) groups is 2. The molecule has 1 fully saturated rings. The fraction of sp³-hybridized carbons (Fsp3) is 0.579. The minimum absolute atomic E-state index is 0.0266. The van der Waals surface area contributed by atoms with Gasteiger partial charge in [-0.3, -0.25) is 4.79 Å². The summed E-state index contributed by atoms with van der Waals surface area (Å²) in [6.45, 7) is 5.79. The van der Waals surface area contributed by atoms with Crippen molar-refractivity contribution >= 4 is 12.0 Å². The number of esters is 1. The molecule has 0 spiro atoms. The predicted molar refractivity (Wildman–Crippen MR) is 94.0 cm³/mol. The van der Waals surface area contributed by atoms with Gasteiger partial charge in [0, 0.05) is 32.6 Å². The highest BCUT2D eigenvalue weighted by Gasteiger charge is 2.35. The van der Waals surface area contributed by atoms with Crippen molar-refractivity contribution < 1.29 is 14.3 Å². The van der Waals surface area contributed by atoms with Crippen LogP contribution < -0.4 is 0 Å². The van der Waals surface area contributed by atoms with E-state index in [-0.39, 0.29) is 23.8 Å². The minimum Gasteiger partial charge on any atom is -0.469 e. The van der Waals surface area contributed by atoms with Gasteiger partial charge in [-0.05, 0) is 30.9 Å². The molecule has 1 aliphatic rings. The molecule has 2 unspecified atom stereocenters. The number of benzene rings is 1. The first-order valence-electron chi connectivity index (χ1n) is 8.66. The number of amides is 2. The molecule has 5 nitrogen and oxygen atoms in total. The van der Waals surface area contributed by atoms with Gasteiger partial charge >= 0.3 is 12.0 Å². The number of ether oxygens (including phenoxy) is 1. The standard InChI is InChI=1S/C19H28N2O3/c1-5-14-7-9-15(10-8-14)16-11-17(18(22)24-4)13-21(12-16)19(23)20(3)6-2/h7-10,16-17H,5-6,11-13H2,1-4H3. The average Bonchev–Trinajstić information content (AvgIpc) is 2.65. The largest absolute Gasteiger partial charge is 0.469 e. The zero-order valence-corrected chi connectivity index (χ0v) is 15.1. The fourth-order valence-electron chi connectivity index (χ4n) is 3.24. The fourth-order valence-corrected chi connectivity index (χ4v) is 3.24. The number of hydrogen-bond acceptors (Lipinski definition) is 3. The predicted octanol–water partition coefficient (Wildman–Crippen LogP) is 2.90. The van der Waals surface area contributed by atoms with Crippen LogP contribution in [-0.4, -0.2) is 55.6 Å². The van der Waals surface area contributed by atoms with E-state index in [1.807, 2.05) is 6.92 Å². The Hall–Kier alpha value is -2.04. The molecule has 0 radical (unpaired) electrons. The lowest BCUT2D eigenvalue weighted by Gasteiger charge is -2.38. The summed E-state index contributed by atoms with van der Waals surface area (Å²) in [5, 5.41) is 0. The number of urea groups is 1. The SMILES string of the molecule is CCc1ccc(C2CC(C(=O)OC)CN(C(=O)N(C)CC)C2)cc1. The van der Waals surface area contributed by atoms with Gasteiger partial charge in [-0.15, -0.1) is 0 Å². The van der Waals surface area contributed by atoms with Crippen LogP contribution in [0.4, 0.5) is 4.79 Å². The number of carbonyl (C=O) groups excluding carboxylic acids is 2. The topological polar surface area (TPSA) is 49.9 Å². The highest BCUT2D eigenvalue weighted by molar-refractivity contribution is 5.77. The summed E-state index contributed by atoms with van der Waals surface area (Å²) < 4.78 is 4.93. The molecule has 1 saturated heterocycles. The lowest BCUT2D eigenvalue weighted by Crippen LogP contribution is -2.50. The quantitative estimate of drug-likeness (QED) is 0.797. The van der Waals surface area contributed by atoms with Gasteiger partial charge in [-0.2, -0.15) is 0 Å². The molecule has 1 aromatic carbocycles. The Balaban J connectivity index is 2.22. The van der Waals surface area contributed by atoms with E-state index in [0.29, 0.717) is 19.6 Å². The molecule has 0 aliphatic carbocycles. The molecule has 1 aromatic rings. The van der Waals surface area contributed by atoms with Crippen LogP contribution in [0.15, 0.2) is 24.3 Å². The Morgan fingerprint density at radius 2 is 1.88 bits per heavy atom. The third-order valence-electron chi connectivity index (χ3n) is 4.92. The second-order valence-electron chi connectivity index (χ2n) is 6.45. The van der Waals surface area contributed by atoms with E-state index >= 15 is 0 Å². The van der Waals surface area contributed by atoms with Crippen LogP contribution in [0.3, 0.4) is 0 Å². The number of aryl methyl sites for hydroxylation is 1. The van der Waals surface area contributed by atoms with Crippen LogP contribution in [0.5, 0.6) is 0 Å². The van der Waals surface area contributed by atoms with E-state index < -0.39 is 0 Å². The lowest BCUT2D eigenvalue weighted by atomic mass is 9.84. The molecule has 1 heterocycles. The van der Waals surface area contributed by atoms with E-state index in [4.69, 9.17) is 4.74 Å². The maximum Gasteiger partial charge on any atom is 0.319 e. The summed E-state index contributed by atoms with van der Waals surface area (Å²) in [7, 11) is 3.20. The van der Waals surface area contributed by atoms with Gasteiger partial charge in [0.2, 0.25) is 0 Å². The van der Waals surface area contributed by atoms with Crippen LogP contribution in [0.25, 0.3) is 0 Å². The smallest absolute Gasteiger partial charge is 0.319 e. The number of rotatable bonds is 4. The monoisotopic (exact) mass is 332 g/mol. The van der Waals surface area contributed by atoms with Crippen LogP contribution in [-0.2, 0) is 16.0 Å². The van der Waals surface area contributed by atoms with Gasteiger partial charge in [-0.1, -0.05) is 31.2 Å². The van der Waals surface area contributed by atoms with E-state index in [1.165, 1.54) is 18.2 Å². The lowest BCUT2D eigenvalue weighted by molar-refractivity contribution is -0.147. The third-order valence-corrected chi connectivity index (χ3v) is 4.92. The van der Waals surface area contributed by atoms with E-state index in [2.05, 4.69) is 31.2 Å². The summed E-state index contributed by atoms with van der Waals surface area (Å²) in [6, 6.07) is 8.47. The molecule has 2 atom stereocenters. The molecular formula is C19H28N2O3. The normalized spacial score (nSPS) is 20.6. The Morgan fingerprint density at radius 3 is 2.42 bits per heavy atom. The van der Waals surface area contributed by atoms with Gasteiger partial charge in [-0.25, -0.2) is 4.79 Å². The third kappa shape index (κ3) is 4.08. The van der Waals surface area contributed by atoms with E-state index in [1.54, 1.807) is 16.8 Å². The van der Waals surface area contributed by atoms with Crippen molar-refractivity contribution in [1.29, 1.82) is 0 Å². The number of likely N-dealkylation sites (tertiary alicyclic amines) is 1. The number of methoxy groups -OCH3 is 1. The summed E-state index contributed by atoms with van der Waals surface area (Å²) in [5.41, 5.74) is 2.47. The molecule has 0 saturated carbocycles. The first kappa shape index (κ1) is 18.3. The van der Waals surface area contributed by atoms with Gasteiger partial charge in [0.1, 0.15) is 0 Å². The van der Waals surface area contributed by atoms with Crippen molar-refractivity contribution in [3.05, 3.63) is 35.4 Å². The van der Waals surface area contributed by atoms with Crippen LogP contribution in [0, 0.1) is 5.92 Å². The molecule has 2 rings (SSSR count). The maximum atomic E-state index is 12.6. The minimum atomic E-state index is -0.270. The number of hydrogen-bond donors (Lipinski definition) is 0. The van der Waals surface area contributed by atoms with Crippen LogP contribution in [0.1, 0.15) is 37.3 Å². The molecule has 0 N–H and O–H groups in total. The molecule has 0 bridgehead atoms. The second-order valence-corrected chi connectivity index (χ2v) is 6.45. The van der Waals surface area contributed by atoms with Crippen LogP contribution in [0.2, 0.25) is 0 Å². The van der Waals surface area contributed by atoms with Crippen molar-refractivity contribution in [3.63, 3.8) is 0 Å². The summed E-state index contributed by atoms with van der Waals surface area (Å²) in [6.07, 6.45) is 1.72. The zero-order valence-electron chi connectivity index (χ0n) is 15.1. The Labute approximate surface area is 144 Å². The van der Waals surface area contributed by atoms with Crippen molar-refractivity contribution in [1.82, 2.24) is 9.80 Å². The Morgan fingerprint density at radius 1 is 1.21 bits per heavy atom. The number of piperidine rings is 1. The summed E-state index contributed by atoms with van der Waals surface area (Å²) >= 11 is 0. The second kappa shape index (κ2) is 8.18. The van der Waals surface area contributed by atoms with Crippen molar-refractivity contribution in [3.8, 4) is 0 Å². The van der Waals surface area contributed by atoms with Gasteiger partial charge in [0.05, 0.1) is 13.0 Å². The first-order chi connectivity index (χ1) is 11.5. The Bertz CT molecular complexity index is 570. The average molecular weight is 332 g/mol. The zero-order chi connectivity index (χ0) is 17.7. The van der Waals surface area contributed by atoms with Gasteiger partial charge in [0.15, 0.2) is 0 Å². The highest BCUT2D eigenvalue weighted by atomic mass is 16.5. The van der Waals surface area contributed by atoms with E-state index in [9.17, 15) is 9.59 Å². The van der Waals surface area contributed by atoms with Crippen molar-refractivity contribution in [2.45, 2.75) is 32.6 Å². The molecule has 1 aliphatic heterocycles. The molecular weight excluding hydrogens is 304 g/mol. The Kier molecular flexibility index (Phi) is 6.23. The molecule has 0 aromatic heterocycles. The molecule has 2 amide bonds. The van der Waals surface area contributed by atoms with Gasteiger partial charge in [0.25, 0.3) is 0 Å². The van der Waals surface area contributed by atoms with E-state index in [0.717, 1.165) is 12.8 Å². The summed E-state index contributed by atoms with van der Waals surface area (Å²) in [5.74, 6) is -0.349. The van der Waals surface area contributed by atoms with Crippen LogP contribution >= 0.6 is 0 Å². The first-order valence-corrected chi connectivity index (χ1v) is 8.66. The highest BCUT2D eigenvalue weighted by Crippen LogP contribution is 2.31. The van der Waals surface area contributed by atoms with Crippen molar-refractivity contribution in [2.24, 2.45) is 5.92 Å². The van der Waals surface area contributed by atoms with Crippen molar-refractivity contribution in [2.75, 3.05) is 33.8 Å². The maximum absolute atomic E-state index is 12.6. The molecule has 132 valence electrons. The number of nitrogens with zero attached hydrogens (tertiary/aromatic N) is 2. The summed E-state index contributed by atoms with van der Waals surface area (Å²) in [4.78, 5) is 28.1. The molecule has 5 heteroatoms.